The first-order valence-corrected chi connectivity index (χ1v) is 7.99. The maximum absolute atomic E-state index is 12.3. The number of aromatic nitrogens is 2. The highest BCUT2D eigenvalue weighted by Crippen LogP contribution is 2.13. The van der Waals surface area contributed by atoms with Gasteiger partial charge in [0.15, 0.2) is 0 Å². The predicted octanol–water partition coefficient (Wildman–Crippen LogP) is 2.45. The van der Waals surface area contributed by atoms with Crippen molar-refractivity contribution in [1.29, 1.82) is 0 Å². The van der Waals surface area contributed by atoms with Crippen LogP contribution in [0.2, 0.25) is 0 Å². The molecule has 0 saturated carbocycles. The molecule has 0 fully saturated rings. The number of amides is 1. The van der Waals surface area contributed by atoms with Crippen LogP contribution in [0, 0.1) is 12.8 Å². The van der Waals surface area contributed by atoms with Crippen LogP contribution in [-0.4, -0.2) is 33.3 Å². The summed E-state index contributed by atoms with van der Waals surface area (Å²) in [6, 6.07) is 9.56. The highest BCUT2D eigenvalue weighted by atomic mass is 16.4. The molecule has 1 atom stereocenters. The van der Waals surface area contributed by atoms with E-state index in [1.165, 1.54) is 6.20 Å². The van der Waals surface area contributed by atoms with Gasteiger partial charge in [-0.2, -0.15) is 5.10 Å². The zero-order valence-electron chi connectivity index (χ0n) is 14.2. The zero-order chi connectivity index (χ0) is 17.7. The fraction of sp³-hybridized carbons (Fsp3) is 0.389. The SMILES string of the molecule is Cc1c(C(=O)NCC(Cc2ccccc2)C(=O)O)cnn1C(C)C. The Labute approximate surface area is 141 Å². The lowest BCUT2D eigenvalue weighted by Gasteiger charge is -2.14. The number of hydrogen-bond donors (Lipinski definition) is 2. The fourth-order valence-corrected chi connectivity index (χ4v) is 2.62. The van der Waals surface area contributed by atoms with Crippen LogP contribution in [0.15, 0.2) is 36.5 Å². The first kappa shape index (κ1) is 17.7. The van der Waals surface area contributed by atoms with Gasteiger partial charge in [0.1, 0.15) is 0 Å². The van der Waals surface area contributed by atoms with Crippen LogP contribution in [0.3, 0.4) is 0 Å². The standard InChI is InChI=1S/C18H23N3O3/c1-12(2)21-13(3)16(11-20-21)17(22)19-10-15(18(23)24)9-14-7-5-4-6-8-14/h4-8,11-12,15H,9-10H2,1-3H3,(H,19,22)(H,23,24). The summed E-state index contributed by atoms with van der Waals surface area (Å²) in [5.74, 6) is -1.88. The van der Waals surface area contributed by atoms with E-state index < -0.39 is 11.9 Å². The zero-order valence-corrected chi connectivity index (χ0v) is 14.2. The van der Waals surface area contributed by atoms with Crippen molar-refractivity contribution < 1.29 is 14.7 Å². The van der Waals surface area contributed by atoms with Gasteiger partial charge in [0.2, 0.25) is 0 Å². The molecule has 0 saturated heterocycles. The molecule has 1 aromatic heterocycles. The van der Waals surface area contributed by atoms with Crippen LogP contribution >= 0.6 is 0 Å². The fourth-order valence-electron chi connectivity index (χ4n) is 2.62. The Bertz CT molecular complexity index is 708. The third-order valence-electron chi connectivity index (χ3n) is 3.96. The first-order chi connectivity index (χ1) is 11.4. The minimum atomic E-state index is -0.922. The van der Waals surface area contributed by atoms with Crippen molar-refractivity contribution in [3.05, 3.63) is 53.3 Å². The van der Waals surface area contributed by atoms with Gasteiger partial charge < -0.3 is 10.4 Å². The van der Waals surface area contributed by atoms with Gasteiger partial charge in [-0.05, 0) is 32.8 Å². The Kier molecular flexibility index (Phi) is 5.73. The van der Waals surface area contributed by atoms with Gasteiger partial charge in [-0.3, -0.25) is 14.3 Å². The number of benzene rings is 1. The second kappa shape index (κ2) is 7.77. The molecule has 1 aromatic carbocycles. The quantitative estimate of drug-likeness (QED) is 0.817. The van der Waals surface area contributed by atoms with Crippen molar-refractivity contribution in [3.8, 4) is 0 Å². The van der Waals surface area contributed by atoms with E-state index in [0.29, 0.717) is 12.0 Å². The number of carboxylic acids is 1. The summed E-state index contributed by atoms with van der Waals surface area (Å²) in [6.45, 7) is 5.89. The molecule has 2 rings (SSSR count). The lowest BCUT2D eigenvalue weighted by atomic mass is 9.99. The number of carbonyl (C=O) groups is 2. The molecule has 2 aromatic rings. The monoisotopic (exact) mass is 329 g/mol. The molecular weight excluding hydrogens is 306 g/mol. The predicted molar refractivity (Wildman–Crippen MR) is 91.0 cm³/mol. The molecule has 2 N–H and O–H groups in total. The molecule has 24 heavy (non-hydrogen) atoms. The minimum Gasteiger partial charge on any atom is -0.481 e. The molecule has 1 unspecified atom stereocenters. The van der Waals surface area contributed by atoms with Crippen molar-refractivity contribution >= 4 is 11.9 Å². The lowest BCUT2D eigenvalue weighted by Crippen LogP contribution is -2.34. The minimum absolute atomic E-state index is 0.0787. The first-order valence-electron chi connectivity index (χ1n) is 7.99. The third-order valence-corrected chi connectivity index (χ3v) is 3.96. The number of aliphatic carboxylic acids is 1. The summed E-state index contributed by atoms with van der Waals surface area (Å²) < 4.78 is 1.77. The van der Waals surface area contributed by atoms with E-state index in [0.717, 1.165) is 11.3 Å². The van der Waals surface area contributed by atoms with Crippen molar-refractivity contribution in [2.45, 2.75) is 33.2 Å². The average molecular weight is 329 g/mol. The number of hydrogen-bond acceptors (Lipinski definition) is 3. The Balaban J connectivity index is 2.01. The number of nitrogens with one attached hydrogen (secondary N) is 1. The van der Waals surface area contributed by atoms with Crippen molar-refractivity contribution in [3.63, 3.8) is 0 Å². The van der Waals surface area contributed by atoms with Crippen LogP contribution in [0.4, 0.5) is 0 Å². The molecule has 0 aliphatic rings. The summed E-state index contributed by atoms with van der Waals surface area (Å²) in [6.07, 6.45) is 1.90. The molecule has 1 heterocycles. The smallest absolute Gasteiger partial charge is 0.308 e. The molecule has 0 spiro atoms. The van der Waals surface area contributed by atoms with Crippen LogP contribution in [0.1, 0.15) is 41.5 Å². The second-order valence-corrected chi connectivity index (χ2v) is 6.12. The topological polar surface area (TPSA) is 84.2 Å². The Hall–Kier alpha value is -2.63. The van der Waals surface area contributed by atoms with Crippen LogP contribution in [0.5, 0.6) is 0 Å². The van der Waals surface area contributed by atoms with Gasteiger partial charge in [-0.1, -0.05) is 30.3 Å². The van der Waals surface area contributed by atoms with Crippen molar-refractivity contribution in [1.82, 2.24) is 15.1 Å². The van der Waals surface area contributed by atoms with Crippen LogP contribution in [-0.2, 0) is 11.2 Å². The summed E-state index contributed by atoms with van der Waals surface area (Å²) in [4.78, 5) is 23.8. The Morgan fingerprint density at radius 3 is 2.46 bits per heavy atom. The molecule has 0 aliphatic carbocycles. The summed E-state index contributed by atoms with van der Waals surface area (Å²) in [7, 11) is 0. The average Bonchev–Trinajstić information content (AvgIpc) is 2.93. The van der Waals surface area contributed by atoms with Crippen LogP contribution < -0.4 is 5.32 Å². The number of rotatable bonds is 7. The van der Waals surface area contributed by atoms with E-state index in [1.54, 1.807) is 4.68 Å². The molecule has 0 radical (unpaired) electrons. The Morgan fingerprint density at radius 1 is 1.25 bits per heavy atom. The van der Waals surface area contributed by atoms with Gasteiger partial charge in [-0.25, -0.2) is 0 Å². The van der Waals surface area contributed by atoms with Gasteiger partial charge >= 0.3 is 5.97 Å². The van der Waals surface area contributed by atoms with Gasteiger partial charge in [0.25, 0.3) is 5.91 Å². The summed E-state index contributed by atoms with van der Waals surface area (Å²) in [5, 5.41) is 16.3. The number of carbonyl (C=O) groups excluding carboxylic acids is 1. The molecular formula is C18H23N3O3. The summed E-state index contributed by atoms with van der Waals surface area (Å²) in [5.41, 5.74) is 2.19. The van der Waals surface area contributed by atoms with Crippen LogP contribution in [0.25, 0.3) is 0 Å². The maximum Gasteiger partial charge on any atom is 0.308 e. The summed E-state index contributed by atoms with van der Waals surface area (Å²) >= 11 is 0. The second-order valence-electron chi connectivity index (χ2n) is 6.12. The van der Waals surface area contributed by atoms with Gasteiger partial charge in [-0.15, -0.1) is 0 Å². The lowest BCUT2D eigenvalue weighted by molar-refractivity contribution is -0.141. The van der Waals surface area contributed by atoms with E-state index in [4.69, 9.17) is 0 Å². The maximum atomic E-state index is 12.3. The highest BCUT2D eigenvalue weighted by Gasteiger charge is 2.21. The number of carboxylic acid groups (broad SMARTS) is 1. The molecule has 6 heteroatoms. The largest absolute Gasteiger partial charge is 0.481 e. The van der Waals surface area contributed by atoms with Crippen molar-refractivity contribution in [2.24, 2.45) is 5.92 Å². The van der Waals surface area contributed by atoms with E-state index in [2.05, 4.69) is 10.4 Å². The molecule has 0 aliphatic heterocycles. The van der Waals surface area contributed by atoms with Crippen molar-refractivity contribution in [2.75, 3.05) is 6.54 Å². The Morgan fingerprint density at radius 2 is 1.92 bits per heavy atom. The van der Waals surface area contributed by atoms with Gasteiger partial charge in [0, 0.05) is 18.3 Å². The van der Waals surface area contributed by atoms with E-state index in [-0.39, 0.29) is 18.5 Å². The van der Waals surface area contributed by atoms with E-state index >= 15 is 0 Å². The highest BCUT2D eigenvalue weighted by molar-refractivity contribution is 5.95. The third kappa shape index (κ3) is 4.22. The number of nitrogens with zero attached hydrogens (tertiary/aromatic N) is 2. The van der Waals surface area contributed by atoms with E-state index in [9.17, 15) is 14.7 Å². The normalized spacial score (nSPS) is 12.2. The molecule has 6 nitrogen and oxygen atoms in total. The molecule has 0 bridgehead atoms. The van der Waals surface area contributed by atoms with Gasteiger partial charge in [0.05, 0.1) is 17.7 Å². The van der Waals surface area contributed by atoms with E-state index in [1.807, 2.05) is 51.1 Å². The molecule has 1 amide bonds. The molecule has 128 valence electrons.